The number of pyridine rings is 1. The van der Waals surface area contributed by atoms with Gasteiger partial charge in [-0.25, -0.2) is 14.8 Å². The minimum Gasteiger partial charge on any atom is -0.468 e. The number of nitrogens with one attached hydrogen (secondary N) is 1. The van der Waals surface area contributed by atoms with Crippen molar-refractivity contribution in [1.29, 1.82) is 0 Å². The molecule has 0 unspecified atom stereocenters. The third-order valence-electron chi connectivity index (χ3n) is 4.06. The molecule has 0 spiro atoms. The number of nitrogens with zero attached hydrogens (tertiary/aromatic N) is 4. The summed E-state index contributed by atoms with van der Waals surface area (Å²) in [6.07, 6.45) is -3.40. The summed E-state index contributed by atoms with van der Waals surface area (Å²) in [6.45, 7) is 5.46. The second kappa shape index (κ2) is 12.6. The van der Waals surface area contributed by atoms with Gasteiger partial charge in [0.2, 0.25) is 5.88 Å². The van der Waals surface area contributed by atoms with Crippen LogP contribution >= 0.6 is 24.0 Å². The van der Waals surface area contributed by atoms with E-state index in [9.17, 15) is 18.0 Å². The lowest BCUT2D eigenvalue weighted by atomic mass is 10.3. The normalized spacial score (nSPS) is 14.8. The number of hydrogen-bond donors (Lipinski definition) is 1. The van der Waals surface area contributed by atoms with Gasteiger partial charge in [0.25, 0.3) is 0 Å². The van der Waals surface area contributed by atoms with Gasteiger partial charge >= 0.3 is 12.3 Å². The molecular formula is C18H27F3IN5O3. The number of amides is 1. The zero-order chi connectivity index (χ0) is 21.3. The van der Waals surface area contributed by atoms with Crippen LogP contribution in [0, 0.1) is 0 Å². The molecule has 1 amide bonds. The molecule has 1 saturated heterocycles. The monoisotopic (exact) mass is 545 g/mol. The van der Waals surface area contributed by atoms with Gasteiger partial charge in [0.1, 0.15) is 0 Å². The van der Waals surface area contributed by atoms with Crippen LogP contribution in [0.25, 0.3) is 0 Å². The maximum absolute atomic E-state index is 12.4. The fourth-order valence-corrected chi connectivity index (χ4v) is 2.73. The first kappa shape index (κ1) is 26.0. The summed E-state index contributed by atoms with van der Waals surface area (Å²) in [5.41, 5.74) is 0.456. The maximum atomic E-state index is 12.4. The lowest BCUT2D eigenvalue weighted by Crippen LogP contribution is -2.53. The van der Waals surface area contributed by atoms with Crippen LogP contribution in [0.4, 0.5) is 18.0 Å². The van der Waals surface area contributed by atoms with Gasteiger partial charge in [0.05, 0.1) is 13.2 Å². The first-order valence-electron chi connectivity index (χ1n) is 9.42. The van der Waals surface area contributed by atoms with Gasteiger partial charge in [-0.3, -0.25) is 0 Å². The first-order chi connectivity index (χ1) is 13.8. The molecule has 2 heterocycles. The number of piperazine rings is 1. The van der Waals surface area contributed by atoms with E-state index in [1.54, 1.807) is 24.0 Å². The molecule has 0 bridgehead atoms. The van der Waals surface area contributed by atoms with E-state index >= 15 is 0 Å². The van der Waals surface area contributed by atoms with Crippen molar-refractivity contribution in [2.24, 2.45) is 4.99 Å². The molecule has 1 aliphatic heterocycles. The van der Waals surface area contributed by atoms with Gasteiger partial charge in [0.15, 0.2) is 12.6 Å². The van der Waals surface area contributed by atoms with Crippen LogP contribution in [0.5, 0.6) is 5.88 Å². The second-order valence-corrected chi connectivity index (χ2v) is 6.21. The Kier molecular flexibility index (Phi) is 11.0. The zero-order valence-corrected chi connectivity index (χ0v) is 19.3. The summed E-state index contributed by atoms with van der Waals surface area (Å²) in [4.78, 5) is 23.8. The number of ether oxygens (including phenoxy) is 2. The molecule has 0 aliphatic carbocycles. The Labute approximate surface area is 190 Å². The SMILES string of the molecule is CCNC(=NCc1cccnc1OCC(F)(F)F)N1CCN(C(=O)OCC)CC1.I. The third-order valence-corrected chi connectivity index (χ3v) is 4.06. The van der Waals surface area contributed by atoms with E-state index in [2.05, 4.69) is 15.3 Å². The van der Waals surface area contributed by atoms with Gasteiger partial charge in [-0.2, -0.15) is 13.2 Å². The van der Waals surface area contributed by atoms with E-state index in [1.807, 2.05) is 11.8 Å². The summed E-state index contributed by atoms with van der Waals surface area (Å²) in [5.74, 6) is 0.526. The molecule has 1 aromatic heterocycles. The summed E-state index contributed by atoms with van der Waals surface area (Å²) >= 11 is 0. The third kappa shape index (κ3) is 8.40. The highest BCUT2D eigenvalue weighted by Crippen LogP contribution is 2.20. The standard InChI is InChI=1S/C18H26F3N5O3.HI/c1-3-22-16(25-8-10-26(11-9-25)17(27)28-4-2)24-12-14-6-5-7-23-15(14)29-13-18(19,20)21;/h5-7H,3-4,8-13H2,1-2H3,(H,22,24);1H. The molecule has 0 atom stereocenters. The molecule has 1 aliphatic rings. The molecular weight excluding hydrogens is 518 g/mol. The van der Waals surface area contributed by atoms with Crippen molar-refractivity contribution in [1.82, 2.24) is 20.1 Å². The number of hydrogen-bond acceptors (Lipinski definition) is 5. The zero-order valence-electron chi connectivity index (χ0n) is 16.9. The molecule has 12 heteroatoms. The van der Waals surface area contributed by atoms with Crippen LogP contribution in [-0.2, 0) is 11.3 Å². The van der Waals surface area contributed by atoms with Crippen molar-refractivity contribution in [3.05, 3.63) is 23.9 Å². The minimum absolute atomic E-state index is 0. The number of alkyl halides is 3. The van der Waals surface area contributed by atoms with E-state index < -0.39 is 12.8 Å². The molecule has 0 saturated carbocycles. The molecule has 1 N–H and O–H groups in total. The lowest BCUT2D eigenvalue weighted by Gasteiger charge is -2.35. The van der Waals surface area contributed by atoms with E-state index in [4.69, 9.17) is 9.47 Å². The van der Waals surface area contributed by atoms with Gasteiger partial charge < -0.3 is 24.6 Å². The summed E-state index contributed by atoms with van der Waals surface area (Å²) in [5, 5.41) is 3.17. The molecule has 1 fully saturated rings. The number of rotatable bonds is 6. The number of halogens is 4. The second-order valence-electron chi connectivity index (χ2n) is 6.21. The highest BCUT2D eigenvalue weighted by atomic mass is 127. The van der Waals surface area contributed by atoms with E-state index in [-0.39, 0.29) is 42.5 Å². The smallest absolute Gasteiger partial charge is 0.422 e. The number of aromatic nitrogens is 1. The van der Waals surface area contributed by atoms with Crippen LogP contribution in [0.2, 0.25) is 0 Å². The van der Waals surface area contributed by atoms with Crippen LogP contribution in [0.1, 0.15) is 19.4 Å². The largest absolute Gasteiger partial charge is 0.468 e. The Hall–Kier alpha value is -1.99. The number of carbonyl (C=O) groups excluding carboxylic acids is 1. The van der Waals surface area contributed by atoms with Crippen molar-refractivity contribution < 1.29 is 27.4 Å². The highest BCUT2D eigenvalue weighted by molar-refractivity contribution is 14.0. The van der Waals surface area contributed by atoms with E-state index in [0.717, 1.165) is 0 Å². The van der Waals surface area contributed by atoms with Crippen LogP contribution < -0.4 is 10.1 Å². The molecule has 8 nitrogen and oxygen atoms in total. The molecule has 170 valence electrons. The molecule has 0 aromatic carbocycles. The molecule has 30 heavy (non-hydrogen) atoms. The van der Waals surface area contributed by atoms with Crippen molar-refractivity contribution in [3.8, 4) is 5.88 Å². The van der Waals surface area contributed by atoms with Crippen LogP contribution in [0.15, 0.2) is 23.3 Å². The quantitative estimate of drug-likeness (QED) is 0.337. The Morgan fingerprint density at radius 2 is 1.90 bits per heavy atom. The predicted octanol–water partition coefficient (Wildman–Crippen LogP) is 2.88. The average Bonchev–Trinajstić information content (AvgIpc) is 2.70. The van der Waals surface area contributed by atoms with Gasteiger partial charge in [-0.15, -0.1) is 24.0 Å². The maximum Gasteiger partial charge on any atom is 0.422 e. The molecule has 2 rings (SSSR count). The average molecular weight is 545 g/mol. The lowest BCUT2D eigenvalue weighted by molar-refractivity contribution is -0.154. The van der Waals surface area contributed by atoms with Crippen molar-refractivity contribution in [2.45, 2.75) is 26.6 Å². The molecule has 0 radical (unpaired) electrons. The van der Waals surface area contributed by atoms with Crippen molar-refractivity contribution >= 4 is 36.0 Å². The summed E-state index contributed by atoms with van der Waals surface area (Å²) in [6, 6.07) is 3.25. The van der Waals surface area contributed by atoms with Gasteiger partial charge in [0, 0.05) is 44.5 Å². The Balaban J connectivity index is 0.00000450. The Morgan fingerprint density at radius 3 is 2.50 bits per heavy atom. The summed E-state index contributed by atoms with van der Waals surface area (Å²) < 4.78 is 47.1. The fourth-order valence-electron chi connectivity index (χ4n) is 2.73. The first-order valence-corrected chi connectivity index (χ1v) is 9.42. The highest BCUT2D eigenvalue weighted by Gasteiger charge is 2.29. The van der Waals surface area contributed by atoms with E-state index in [1.165, 1.54) is 6.20 Å². The van der Waals surface area contributed by atoms with Gasteiger partial charge in [-0.05, 0) is 19.9 Å². The number of aliphatic imine (C=N–C) groups is 1. The Bertz CT molecular complexity index is 698. The topological polar surface area (TPSA) is 79.3 Å². The minimum atomic E-state index is -4.44. The fraction of sp³-hybridized carbons (Fsp3) is 0.611. The van der Waals surface area contributed by atoms with E-state index in [0.29, 0.717) is 50.9 Å². The van der Waals surface area contributed by atoms with Crippen LogP contribution in [-0.4, -0.2) is 79.0 Å². The van der Waals surface area contributed by atoms with Crippen molar-refractivity contribution in [2.75, 3.05) is 45.9 Å². The number of guanidine groups is 1. The Morgan fingerprint density at radius 1 is 1.23 bits per heavy atom. The van der Waals surface area contributed by atoms with Crippen molar-refractivity contribution in [3.63, 3.8) is 0 Å². The van der Waals surface area contributed by atoms with Gasteiger partial charge in [-0.1, -0.05) is 6.07 Å². The van der Waals surface area contributed by atoms with Crippen LogP contribution in [0.3, 0.4) is 0 Å². The summed E-state index contributed by atoms with van der Waals surface area (Å²) in [7, 11) is 0. The predicted molar refractivity (Wildman–Crippen MR) is 116 cm³/mol. The number of carbonyl (C=O) groups is 1. The molecule has 1 aromatic rings.